The molecule has 1 aromatic carbocycles. The SMILES string of the molecule is CNS(=O)(=O)c1cc(-c2cnc3c(n2)c(-c2cnn(C4CC(NC(=O)OC(C)(C)C)C4)c2)cn3C(=O)OC(C)(C)C)cc(N2CCC[C@H]2C)c1. The highest BCUT2D eigenvalue weighted by molar-refractivity contribution is 7.89. The second-order valence-electron chi connectivity index (χ2n) is 15.1. The number of nitrogens with zero attached hydrogens (tertiary/aromatic N) is 6. The van der Waals surface area contributed by atoms with Crippen LogP contribution < -0.4 is 14.9 Å². The zero-order valence-electron chi connectivity index (χ0n) is 29.9. The second-order valence-corrected chi connectivity index (χ2v) is 17.0. The fourth-order valence-corrected chi connectivity index (χ4v) is 7.15. The van der Waals surface area contributed by atoms with Crippen LogP contribution in [0, 0.1) is 0 Å². The van der Waals surface area contributed by atoms with Crippen LogP contribution in [-0.4, -0.2) is 81.8 Å². The Bertz CT molecular complexity index is 2040. The molecule has 1 atom stereocenters. The van der Waals surface area contributed by atoms with E-state index in [4.69, 9.17) is 14.5 Å². The number of fused-ring (bicyclic) bond motifs is 1. The predicted octanol–water partition coefficient (Wildman–Crippen LogP) is 5.87. The summed E-state index contributed by atoms with van der Waals surface area (Å²) in [5.74, 6) is 0. The van der Waals surface area contributed by atoms with Gasteiger partial charge in [0, 0.05) is 53.4 Å². The zero-order chi connectivity index (χ0) is 36.2. The quantitative estimate of drug-likeness (QED) is 0.238. The van der Waals surface area contributed by atoms with Crippen LogP contribution in [0.4, 0.5) is 15.3 Å². The van der Waals surface area contributed by atoms with Crippen molar-refractivity contribution in [2.24, 2.45) is 0 Å². The fraction of sp³-hybridized carbons (Fsp3) is 0.514. The molecule has 2 fully saturated rings. The molecule has 1 saturated heterocycles. The summed E-state index contributed by atoms with van der Waals surface area (Å²) in [7, 11) is -2.38. The normalized spacial score (nSPS) is 19.8. The Hall–Kier alpha value is -4.50. The minimum absolute atomic E-state index is 0.0269. The van der Waals surface area contributed by atoms with Gasteiger partial charge in [0.1, 0.15) is 16.7 Å². The number of sulfonamides is 1. The standard InChI is InChI=1S/C35H46N8O6S/c1-21-10-9-11-41(21)25-12-22(13-27(16-25)50(46,47)36-8)29-18-37-31-30(40-29)28(20-42(31)33(45)49-35(5,6)7)23-17-38-43(19-23)26-14-24(15-26)39-32(44)48-34(2,3)4/h12-13,16-21,24,26,36H,9-11,14-15H2,1-8H3,(H,39,44)/t21-,24?,26?/m1/s1. The summed E-state index contributed by atoms with van der Waals surface area (Å²) in [5, 5.41) is 7.53. The number of rotatable bonds is 7. The van der Waals surface area contributed by atoms with E-state index in [9.17, 15) is 18.0 Å². The molecule has 0 radical (unpaired) electrons. The Morgan fingerprint density at radius 1 is 0.960 bits per heavy atom. The first-order valence-electron chi connectivity index (χ1n) is 16.9. The molecule has 1 aliphatic heterocycles. The summed E-state index contributed by atoms with van der Waals surface area (Å²) in [4.78, 5) is 37.6. The number of amides is 1. The summed E-state index contributed by atoms with van der Waals surface area (Å²) in [6.07, 6.45) is 9.16. The Kier molecular flexibility index (Phi) is 9.18. The van der Waals surface area contributed by atoms with Gasteiger partial charge in [-0.25, -0.2) is 37.3 Å². The van der Waals surface area contributed by atoms with Crippen molar-refractivity contribution in [3.05, 3.63) is 43.0 Å². The third-order valence-corrected chi connectivity index (χ3v) is 10.3. The van der Waals surface area contributed by atoms with Crippen LogP contribution in [-0.2, 0) is 19.5 Å². The first kappa shape index (κ1) is 35.3. The number of carbonyl (C=O) groups excluding carboxylic acids is 2. The molecular formula is C35H46N8O6S. The van der Waals surface area contributed by atoms with Crippen molar-refractivity contribution in [1.82, 2.24) is 34.4 Å². The van der Waals surface area contributed by atoms with Crippen molar-refractivity contribution in [2.75, 3.05) is 18.5 Å². The van der Waals surface area contributed by atoms with E-state index in [1.807, 2.05) is 37.7 Å². The molecule has 50 heavy (non-hydrogen) atoms. The fourth-order valence-electron chi connectivity index (χ4n) is 6.35. The second kappa shape index (κ2) is 13.0. The van der Waals surface area contributed by atoms with Crippen molar-refractivity contribution < 1.29 is 27.5 Å². The van der Waals surface area contributed by atoms with Gasteiger partial charge in [0.15, 0.2) is 5.65 Å². The number of hydrogen-bond donors (Lipinski definition) is 2. The first-order chi connectivity index (χ1) is 23.4. The van der Waals surface area contributed by atoms with E-state index in [1.165, 1.54) is 11.6 Å². The van der Waals surface area contributed by atoms with Crippen LogP contribution >= 0.6 is 0 Å². The molecule has 0 spiro atoms. The molecule has 0 bridgehead atoms. The van der Waals surface area contributed by atoms with Gasteiger partial charge in [-0.3, -0.25) is 4.68 Å². The van der Waals surface area contributed by atoms with Gasteiger partial charge in [0.05, 0.1) is 29.0 Å². The molecule has 1 saturated carbocycles. The van der Waals surface area contributed by atoms with Gasteiger partial charge in [-0.05, 0) is 99.4 Å². The smallest absolute Gasteiger partial charge is 0.420 e. The molecule has 0 unspecified atom stereocenters. The maximum Gasteiger partial charge on any atom is 0.420 e. The Morgan fingerprint density at radius 3 is 2.32 bits per heavy atom. The Morgan fingerprint density at radius 2 is 1.68 bits per heavy atom. The van der Waals surface area contributed by atoms with E-state index in [0.29, 0.717) is 46.4 Å². The molecule has 14 nitrogen and oxygen atoms in total. The van der Waals surface area contributed by atoms with Gasteiger partial charge in [-0.1, -0.05) is 0 Å². The number of aromatic nitrogens is 5. The Labute approximate surface area is 292 Å². The summed E-state index contributed by atoms with van der Waals surface area (Å²) >= 11 is 0. The number of benzene rings is 1. The van der Waals surface area contributed by atoms with Crippen molar-refractivity contribution in [3.63, 3.8) is 0 Å². The number of anilines is 1. The Balaban J connectivity index is 1.37. The van der Waals surface area contributed by atoms with Crippen LogP contribution in [0.5, 0.6) is 0 Å². The van der Waals surface area contributed by atoms with Crippen molar-refractivity contribution in [2.45, 2.75) is 108 Å². The van der Waals surface area contributed by atoms with E-state index >= 15 is 0 Å². The molecule has 4 aromatic rings. The zero-order valence-corrected chi connectivity index (χ0v) is 30.7. The van der Waals surface area contributed by atoms with E-state index in [-0.39, 0.29) is 23.0 Å². The topological polar surface area (TPSA) is 163 Å². The highest BCUT2D eigenvalue weighted by atomic mass is 32.2. The van der Waals surface area contributed by atoms with E-state index in [0.717, 1.165) is 25.1 Å². The van der Waals surface area contributed by atoms with Crippen LogP contribution in [0.1, 0.15) is 80.2 Å². The monoisotopic (exact) mass is 706 g/mol. The molecule has 268 valence electrons. The molecule has 1 amide bonds. The summed E-state index contributed by atoms with van der Waals surface area (Å²) < 4.78 is 42.8. The molecule has 3 aromatic heterocycles. The van der Waals surface area contributed by atoms with E-state index in [2.05, 4.69) is 31.9 Å². The van der Waals surface area contributed by atoms with E-state index < -0.39 is 33.4 Å². The number of nitrogens with one attached hydrogen (secondary N) is 2. The predicted molar refractivity (Wildman–Crippen MR) is 190 cm³/mol. The first-order valence-corrected chi connectivity index (χ1v) is 18.4. The molecule has 2 aliphatic rings. The highest BCUT2D eigenvalue weighted by Crippen LogP contribution is 2.37. The van der Waals surface area contributed by atoms with Crippen LogP contribution in [0.3, 0.4) is 0 Å². The largest absolute Gasteiger partial charge is 0.444 e. The summed E-state index contributed by atoms with van der Waals surface area (Å²) in [6, 6.07) is 5.51. The molecule has 4 heterocycles. The molecular weight excluding hydrogens is 661 g/mol. The lowest BCUT2D eigenvalue weighted by Gasteiger charge is -2.36. The number of carbonyl (C=O) groups is 2. The lowest BCUT2D eigenvalue weighted by molar-refractivity contribution is 0.0451. The molecule has 6 rings (SSSR count). The third-order valence-electron chi connectivity index (χ3n) is 8.86. The number of hydrogen-bond acceptors (Lipinski definition) is 10. The summed E-state index contributed by atoms with van der Waals surface area (Å²) in [5.41, 5.74) is 2.55. The molecule has 1 aliphatic carbocycles. The maximum atomic E-state index is 13.4. The molecule has 2 N–H and O–H groups in total. The van der Waals surface area contributed by atoms with Crippen LogP contribution in [0.25, 0.3) is 33.5 Å². The van der Waals surface area contributed by atoms with Gasteiger partial charge in [0.25, 0.3) is 0 Å². The minimum Gasteiger partial charge on any atom is -0.444 e. The lowest BCUT2D eigenvalue weighted by atomic mass is 9.87. The van der Waals surface area contributed by atoms with Crippen molar-refractivity contribution in [1.29, 1.82) is 0 Å². The number of ether oxygens (including phenoxy) is 2. The number of alkyl carbamates (subject to hydrolysis) is 1. The average molecular weight is 707 g/mol. The highest BCUT2D eigenvalue weighted by Gasteiger charge is 2.34. The lowest BCUT2D eigenvalue weighted by Crippen LogP contribution is -2.46. The minimum atomic E-state index is -3.77. The van der Waals surface area contributed by atoms with Gasteiger partial charge in [-0.2, -0.15) is 5.10 Å². The van der Waals surface area contributed by atoms with Gasteiger partial charge in [-0.15, -0.1) is 0 Å². The average Bonchev–Trinajstić information content (AvgIpc) is 3.75. The van der Waals surface area contributed by atoms with E-state index in [1.54, 1.807) is 51.5 Å². The summed E-state index contributed by atoms with van der Waals surface area (Å²) in [6.45, 7) is 13.8. The van der Waals surface area contributed by atoms with Crippen LogP contribution in [0.2, 0.25) is 0 Å². The van der Waals surface area contributed by atoms with Crippen LogP contribution in [0.15, 0.2) is 47.9 Å². The molecule has 15 heteroatoms. The van der Waals surface area contributed by atoms with Crippen molar-refractivity contribution >= 4 is 39.1 Å². The third kappa shape index (κ3) is 7.48. The maximum absolute atomic E-state index is 13.4. The van der Waals surface area contributed by atoms with Gasteiger partial charge in [0.2, 0.25) is 10.0 Å². The van der Waals surface area contributed by atoms with Crippen molar-refractivity contribution in [3.8, 4) is 22.4 Å². The van der Waals surface area contributed by atoms with Gasteiger partial charge >= 0.3 is 12.2 Å². The van der Waals surface area contributed by atoms with Gasteiger partial charge < -0.3 is 19.7 Å².